The molecule has 0 aromatic carbocycles. The molecule has 0 aliphatic carbocycles. The normalized spacial score (nSPS) is 12.9. The number of methoxy groups -OCH3 is 1. The molecule has 0 fully saturated rings. The van der Waals surface area contributed by atoms with Gasteiger partial charge in [-0.3, -0.25) is 5.10 Å². The maximum atomic E-state index is 5.48. The molecule has 1 aromatic heterocycles. The Morgan fingerprint density at radius 2 is 2.53 bits per heavy atom. The van der Waals surface area contributed by atoms with Crippen LogP contribution in [0, 0.1) is 0 Å². The van der Waals surface area contributed by atoms with Crippen LogP contribution in [0.3, 0.4) is 0 Å². The minimum atomic E-state index is 0.369. The second-order valence-electron chi connectivity index (χ2n) is 3.57. The van der Waals surface area contributed by atoms with Crippen LogP contribution >= 0.6 is 0 Å². The van der Waals surface area contributed by atoms with Crippen LogP contribution in [0.5, 0.6) is 0 Å². The van der Waals surface area contributed by atoms with E-state index in [0.717, 1.165) is 38.1 Å². The van der Waals surface area contributed by atoms with Crippen LogP contribution in [0.25, 0.3) is 0 Å². The Morgan fingerprint density at radius 3 is 3.13 bits per heavy atom. The molecular formula is C10H20N4O. The van der Waals surface area contributed by atoms with Gasteiger partial charge in [-0.1, -0.05) is 0 Å². The molecule has 5 heteroatoms. The molecule has 15 heavy (non-hydrogen) atoms. The molecule has 1 unspecified atom stereocenters. The van der Waals surface area contributed by atoms with E-state index in [1.807, 2.05) is 12.4 Å². The second-order valence-corrected chi connectivity index (χ2v) is 3.57. The molecule has 1 aromatic rings. The largest absolute Gasteiger partial charge is 0.383 e. The summed E-state index contributed by atoms with van der Waals surface area (Å²) in [5, 5.41) is 10.1. The fraction of sp³-hybridized carbons (Fsp3) is 0.700. The van der Waals surface area contributed by atoms with Crippen molar-refractivity contribution in [2.75, 3.05) is 20.3 Å². The fourth-order valence-corrected chi connectivity index (χ4v) is 1.45. The van der Waals surface area contributed by atoms with Gasteiger partial charge in [-0.15, -0.1) is 0 Å². The molecule has 5 nitrogen and oxygen atoms in total. The van der Waals surface area contributed by atoms with Crippen molar-refractivity contribution >= 4 is 0 Å². The standard InChI is InChI=1S/C10H20N4O/c1-15-8-10(3-2-4-11)12-5-9-6-13-14-7-9/h6-7,10,12H,2-5,8,11H2,1H3,(H,13,14). The summed E-state index contributed by atoms with van der Waals surface area (Å²) < 4.78 is 5.14. The maximum Gasteiger partial charge on any atom is 0.0615 e. The van der Waals surface area contributed by atoms with Gasteiger partial charge in [0.25, 0.3) is 0 Å². The average Bonchev–Trinajstić information content (AvgIpc) is 2.75. The van der Waals surface area contributed by atoms with Crippen LogP contribution in [0.4, 0.5) is 0 Å². The smallest absolute Gasteiger partial charge is 0.0615 e. The number of nitrogens with two attached hydrogens (primary N) is 1. The molecule has 0 spiro atoms. The number of aromatic amines is 1. The van der Waals surface area contributed by atoms with E-state index in [-0.39, 0.29) is 0 Å². The number of rotatable bonds is 8. The van der Waals surface area contributed by atoms with Crippen molar-refractivity contribution in [3.05, 3.63) is 18.0 Å². The summed E-state index contributed by atoms with van der Waals surface area (Å²) >= 11 is 0. The lowest BCUT2D eigenvalue weighted by Crippen LogP contribution is -2.33. The number of hydrogen-bond acceptors (Lipinski definition) is 4. The molecule has 86 valence electrons. The Bertz CT molecular complexity index is 238. The lowest BCUT2D eigenvalue weighted by atomic mass is 10.1. The Balaban J connectivity index is 2.24. The number of H-pyrrole nitrogens is 1. The van der Waals surface area contributed by atoms with E-state index >= 15 is 0 Å². The molecule has 0 saturated carbocycles. The molecule has 1 rings (SSSR count). The summed E-state index contributed by atoms with van der Waals surface area (Å²) in [6.07, 6.45) is 5.77. The van der Waals surface area contributed by atoms with Gasteiger partial charge in [0.15, 0.2) is 0 Å². The van der Waals surface area contributed by atoms with E-state index in [1.165, 1.54) is 0 Å². The van der Waals surface area contributed by atoms with Crippen LogP contribution in [-0.2, 0) is 11.3 Å². The molecule has 0 aliphatic rings. The third-order valence-corrected chi connectivity index (χ3v) is 2.27. The number of ether oxygens (including phenoxy) is 1. The fourth-order valence-electron chi connectivity index (χ4n) is 1.45. The minimum Gasteiger partial charge on any atom is -0.383 e. The van der Waals surface area contributed by atoms with Gasteiger partial charge >= 0.3 is 0 Å². The zero-order chi connectivity index (χ0) is 10.9. The summed E-state index contributed by atoms with van der Waals surface area (Å²) in [6, 6.07) is 0.369. The average molecular weight is 212 g/mol. The number of hydrogen-bond donors (Lipinski definition) is 3. The number of nitrogens with zero attached hydrogens (tertiary/aromatic N) is 1. The number of aromatic nitrogens is 2. The van der Waals surface area contributed by atoms with Gasteiger partial charge < -0.3 is 15.8 Å². The third-order valence-electron chi connectivity index (χ3n) is 2.27. The minimum absolute atomic E-state index is 0.369. The first-order chi connectivity index (χ1) is 7.36. The molecule has 0 saturated heterocycles. The van der Waals surface area contributed by atoms with Crippen molar-refractivity contribution in [3.8, 4) is 0 Å². The lowest BCUT2D eigenvalue weighted by molar-refractivity contribution is 0.161. The summed E-state index contributed by atoms with van der Waals surface area (Å²) in [5.74, 6) is 0. The highest BCUT2D eigenvalue weighted by atomic mass is 16.5. The van der Waals surface area contributed by atoms with E-state index in [2.05, 4.69) is 15.5 Å². The van der Waals surface area contributed by atoms with Crippen molar-refractivity contribution in [1.82, 2.24) is 15.5 Å². The van der Waals surface area contributed by atoms with E-state index in [9.17, 15) is 0 Å². The monoisotopic (exact) mass is 212 g/mol. The van der Waals surface area contributed by atoms with Crippen LogP contribution in [0.1, 0.15) is 18.4 Å². The second kappa shape index (κ2) is 7.39. The first-order valence-electron chi connectivity index (χ1n) is 5.27. The predicted octanol–water partition coefficient (Wildman–Crippen LogP) is 0.253. The maximum absolute atomic E-state index is 5.48. The van der Waals surface area contributed by atoms with Gasteiger partial charge in [0.05, 0.1) is 12.8 Å². The van der Waals surface area contributed by atoms with Crippen molar-refractivity contribution in [2.45, 2.75) is 25.4 Å². The lowest BCUT2D eigenvalue weighted by Gasteiger charge is -2.16. The zero-order valence-electron chi connectivity index (χ0n) is 9.20. The molecule has 1 atom stereocenters. The molecule has 1 heterocycles. The highest BCUT2D eigenvalue weighted by molar-refractivity contribution is 5.01. The summed E-state index contributed by atoms with van der Waals surface area (Å²) in [6.45, 7) is 2.26. The van der Waals surface area contributed by atoms with Gasteiger partial charge in [0, 0.05) is 31.5 Å². The first-order valence-corrected chi connectivity index (χ1v) is 5.27. The van der Waals surface area contributed by atoms with Crippen molar-refractivity contribution in [2.24, 2.45) is 5.73 Å². The Kier molecular flexibility index (Phi) is 5.99. The Hall–Kier alpha value is -0.910. The van der Waals surface area contributed by atoms with Gasteiger partial charge in [-0.05, 0) is 19.4 Å². The van der Waals surface area contributed by atoms with Crippen LogP contribution in [0.15, 0.2) is 12.4 Å². The van der Waals surface area contributed by atoms with Gasteiger partial charge in [0.2, 0.25) is 0 Å². The van der Waals surface area contributed by atoms with Gasteiger partial charge in [0.1, 0.15) is 0 Å². The summed E-state index contributed by atoms with van der Waals surface area (Å²) in [7, 11) is 1.72. The summed E-state index contributed by atoms with van der Waals surface area (Å²) in [5.41, 5.74) is 6.64. The Labute approximate surface area is 90.4 Å². The quantitative estimate of drug-likeness (QED) is 0.577. The van der Waals surface area contributed by atoms with E-state index in [4.69, 9.17) is 10.5 Å². The van der Waals surface area contributed by atoms with Crippen LogP contribution < -0.4 is 11.1 Å². The predicted molar refractivity (Wildman–Crippen MR) is 59.4 cm³/mol. The SMILES string of the molecule is COCC(CCCN)NCc1cn[nH]c1. The third kappa shape index (κ3) is 4.92. The molecular weight excluding hydrogens is 192 g/mol. The first kappa shape index (κ1) is 12.2. The Morgan fingerprint density at radius 1 is 1.67 bits per heavy atom. The molecule has 0 aliphatic heterocycles. The summed E-state index contributed by atoms with van der Waals surface area (Å²) in [4.78, 5) is 0. The molecule has 0 bridgehead atoms. The highest BCUT2D eigenvalue weighted by Crippen LogP contribution is 2.00. The van der Waals surface area contributed by atoms with Gasteiger partial charge in [-0.25, -0.2) is 0 Å². The van der Waals surface area contributed by atoms with E-state index in [1.54, 1.807) is 7.11 Å². The van der Waals surface area contributed by atoms with Crippen molar-refractivity contribution in [3.63, 3.8) is 0 Å². The van der Waals surface area contributed by atoms with Crippen LogP contribution in [0.2, 0.25) is 0 Å². The zero-order valence-corrected chi connectivity index (χ0v) is 9.20. The van der Waals surface area contributed by atoms with E-state index < -0.39 is 0 Å². The van der Waals surface area contributed by atoms with Gasteiger partial charge in [-0.2, -0.15) is 5.10 Å². The van der Waals surface area contributed by atoms with Crippen molar-refractivity contribution in [1.29, 1.82) is 0 Å². The topological polar surface area (TPSA) is 76.0 Å². The van der Waals surface area contributed by atoms with Crippen molar-refractivity contribution < 1.29 is 4.74 Å². The molecule has 0 radical (unpaired) electrons. The van der Waals surface area contributed by atoms with E-state index in [0.29, 0.717) is 6.04 Å². The molecule has 0 amide bonds. The highest BCUT2D eigenvalue weighted by Gasteiger charge is 2.07. The van der Waals surface area contributed by atoms with Crippen LogP contribution in [-0.4, -0.2) is 36.5 Å². The number of nitrogens with one attached hydrogen (secondary N) is 2. The molecule has 4 N–H and O–H groups in total.